The Hall–Kier alpha value is -0.0800. The van der Waals surface area contributed by atoms with E-state index in [0.29, 0.717) is 0 Å². The highest BCUT2D eigenvalue weighted by molar-refractivity contribution is 4.61. The second kappa shape index (κ2) is 12.4. The number of hydrogen-bond donors (Lipinski definition) is 2. The van der Waals surface area contributed by atoms with Crippen LogP contribution in [0.3, 0.4) is 0 Å². The Kier molecular flexibility index (Phi) is 12.3. The van der Waals surface area contributed by atoms with Crippen molar-refractivity contribution in [2.24, 2.45) is 23.3 Å². The minimum atomic E-state index is 0.837. The summed E-state index contributed by atoms with van der Waals surface area (Å²) in [5.41, 5.74) is 11.2. The van der Waals surface area contributed by atoms with E-state index in [2.05, 4.69) is 13.8 Å². The molecular formula is C15H34N2. The second-order valence-corrected chi connectivity index (χ2v) is 5.76. The van der Waals surface area contributed by atoms with Crippen LogP contribution in [-0.4, -0.2) is 13.1 Å². The molecule has 1 unspecified atom stereocenters. The summed E-state index contributed by atoms with van der Waals surface area (Å²) in [7, 11) is 0. The van der Waals surface area contributed by atoms with Crippen molar-refractivity contribution in [2.75, 3.05) is 13.1 Å². The molecule has 0 amide bonds. The molecule has 0 fully saturated rings. The molecule has 0 saturated heterocycles. The van der Waals surface area contributed by atoms with E-state index in [1.165, 1.54) is 57.8 Å². The molecule has 0 saturated carbocycles. The monoisotopic (exact) mass is 242 g/mol. The SMILES string of the molecule is CC(C)CCCCCC(CCN)CCCCN. The Morgan fingerprint density at radius 2 is 1.24 bits per heavy atom. The van der Waals surface area contributed by atoms with Gasteiger partial charge in [0.15, 0.2) is 0 Å². The zero-order valence-corrected chi connectivity index (χ0v) is 12.1. The lowest BCUT2D eigenvalue weighted by atomic mass is 9.92. The average Bonchev–Trinajstić information content (AvgIpc) is 2.28. The molecule has 0 rings (SSSR count). The third kappa shape index (κ3) is 12.2. The van der Waals surface area contributed by atoms with Gasteiger partial charge in [0.05, 0.1) is 0 Å². The fourth-order valence-electron chi connectivity index (χ4n) is 2.41. The zero-order valence-electron chi connectivity index (χ0n) is 12.1. The number of hydrogen-bond acceptors (Lipinski definition) is 2. The van der Waals surface area contributed by atoms with E-state index < -0.39 is 0 Å². The molecule has 0 aromatic carbocycles. The molecule has 2 heteroatoms. The molecule has 0 aliphatic carbocycles. The van der Waals surface area contributed by atoms with Gasteiger partial charge in [-0.15, -0.1) is 0 Å². The Morgan fingerprint density at radius 1 is 0.647 bits per heavy atom. The van der Waals surface area contributed by atoms with Crippen molar-refractivity contribution in [3.63, 3.8) is 0 Å². The van der Waals surface area contributed by atoms with Crippen LogP contribution in [0.15, 0.2) is 0 Å². The van der Waals surface area contributed by atoms with Crippen molar-refractivity contribution in [3.05, 3.63) is 0 Å². The molecule has 0 spiro atoms. The van der Waals surface area contributed by atoms with Gasteiger partial charge < -0.3 is 11.5 Å². The maximum atomic E-state index is 5.68. The first kappa shape index (κ1) is 16.9. The summed E-state index contributed by atoms with van der Waals surface area (Å²) < 4.78 is 0. The molecule has 0 radical (unpaired) electrons. The average molecular weight is 242 g/mol. The normalized spacial score (nSPS) is 13.2. The van der Waals surface area contributed by atoms with Crippen LogP contribution in [0, 0.1) is 11.8 Å². The maximum Gasteiger partial charge on any atom is -0.00746 e. The lowest BCUT2D eigenvalue weighted by Crippen LogP contribution is -2.10. The van der Waals surface area contributed by atoms with Crippen LogP contribution >= 0.6 is 0 Å². The molecule has 0 aliphatic rings. The number of nitrogens with two attached hydrogens (primary N) is 2. The van der Waals surface area contributed by atoms with Gasteiger partial charge in [-0.2, -0.15) is 0 Å². The topological polar surface area (TPSA) is 52.0 Å². The number of rotatable bonds is 12. The Morgan fingerprint density at radius 3 is 1.76 bits per heavy atom. The molecular weight excluding hydrogens is 208 g/mol. The Balaban J connectivity index is 3.48. The summed E-state index contributed by atoms with van der Waals surface area (Å²) in [6.45, 7) is 6.30. The lowest BCUT2D eigenvalue weighted by Gasteiger charge is -2.15. The highest BCUT2D eigenvalue weighted by atomic mass is 14.5. The standard InChI is InChI=1S/C15H34N2/c1-14(2)8-4-3-5-9-15(11-13-17)10-6-7-12-16/h14-15H,3-13,16-17H2,1-2H3. The summed E-state index contributed by atoms with van der Waals surface area (Å²) in [4.78, 5) is 0. The van der Waals surface area contributed by atoms with Crippen molar-refractivity contribution < 1.29 is 0 Å². The van der Waals surface area contributed by atoms with E-state index in [9.17, 15) is 0 Å². The fourth-order valence-corrected chi connectivity index (χ4v) is 2.41. The summed E-state index contributed by atoms with van der Waals surface area (Å²) in [5, 5.41) is 0. The van der Waals surface area contributed by atoms with Crippen molar-refractivity contribution in [2.45, 2.75) is 71.6 Å². The van der Waals surface area contributed by atoms with Crippen molar-refractivity contribution in [1.29, 1.82) is 0 Å². The van der Waals surface area contributed by atoms with Crippen LogP contribution in [0.2, 0.25) is 0 Å². The zero-order chi connectivity index (χ0) is 12.9. The first-order valence-electron chi connectivity index (χ1n) is 7.60. The van der Waals surface area contributed by atoms with Gasteiger partial charge in [-0.1, -0.05) is 58.8 Å². The summed E-state index contributed by atoms with van der Waals surface area (Å²) in [6, 6.07) is 0. The minimum Gasteiger partial charge on any atom is -0.330 e. The predicted molar refractivity (Wildman–Crippen MR) is 78.0 cm³/mol. The van der Waals surface area contributed by atoms with Crippen molar-refractivity contribution >= 4 is 0 Å². The van der Waals surface area contributed by atoms with Crippen molar-refractivity contribution in [1.82, 2.24) is 0 Å². The van der Waals surface area contributed by atoms with E-state index in [-0.39, 0.29) is 0 Å². The van der Waals surface area contributed by atoms with Gasteiger partial charge in [-0.25, -0.2) is 0 Å². The van der Waals surface area contributed by atoms with Crippen LogP contribution in [0.25, 0.3) is 0 Å². The molecule has 2 nitrogen and oxygen atoms in total. The molecule has 0 aliphatic heterocycles. The van der Waals surface area contributed by atoms with Gasteiger partial charge in [0.2, 0.25) is 0 Å². The van der Waals surface area contributed by atoms with E-state index in [1.807, 2.05) is 0 Å². The molecule has 4 N–H and O–H groups in total. The van der Waals surface area contributed by atoms with Crippen LogP contribution in [0.4, 0.5) is 0 Å². The van der Waals surface area contributed by atoms with E-state index >= 15 is 0 Å². The van der Waals surface area contributed by atoms with Crippen LogP contribution in [0.5, 0.6) is 0 Å². The molecule has 0 aromatic rings. The summed E-state index contributed by atoms with van der Waals surface area (Å²) in [6.07, 6.45) is 11.9. The van der Waals surface area contributed by atoms with Crippen molar-refractivity contribution in [3.8, 4) is 0 Å². The Labute approximate surface area is 109 Å². The van der Waals surface area contributed by atoms with Crippen LogP contribution < -0.4 is 11.5 Å². The molecule has 0 aromatic heterocycles. The number of unbranched alkanes of at least 4 members (excludes halogenated alkanes) is 3. The maximum absolute atomic E-state index is 5.68. The van der Waals surface area contributed by atoms with Crippen LogP contribution in [-0.2, 0) is 0 Å². The van der Waals surface area contributed by atoms with Gasteiger partial charge in [0, 0.05) is 0 Å². The molecule has 1 atom stereocenters. The minimum absolute atomic E-state index is 0.837. The van der Waals surface area contributed by atoms with E-state index in [4.69, 9.17) is 11.5 Å². The molecule has 0 bridgehead atoms. The molecule has 17 heavy (non-hydrogen) atoms. The smallest absolute Gasteiger partial charge is 0.00746 e. The first-order chi connectivity index (χ1) is 8.20. The van der Waals surface area contributed by atoms with E-state index in [0.717, 1.165) is 24.9 Å². The second-order valence-electron chi connectivity index (χ2n) is 5.76. The highest BCUT2D eigenvalue weighted by Crippen LogP contribution is 2.20. The molecule has 0 heterocycles. The first-order valence-corrected chi connectivity index (χ1v) is 7.60. The lowest BCUT2D eigenvalue weighted by molar-refractivity contribution is 0.386. The third-order valence-corrected chi connectivity index (χ3v) is 3.54. The van der Waals surface area contributed by atoms with Gasteiger partial charge in [0.1, 0.15) is 0 Å². The van der Waals surface area contributed by atoms with Gasteiger partial charge in [-0.3, -0.25) is 0 Å². The fraction of sp³-hybridized carbons (Fsp3) is 1.00. The quantitative estimate of drug-likeness (QED) is 0.513. The van der Waals surface area contributed by atoms with E-state index in [1.54, 1.807) is 0 Å². The van der Waals surface area contributed by atoms with Gasteiger partial charge in [0.25, 0.3) is 0 Å². The van der Waals surface area contributed by atoms with Crippen LogP contribution in [0.1, 0.15) is 71.6 Å². The highest BCUT2D eigenvalue weighted by Gasteiger charge is 2.07. The third-order valence-electron chi connectivity index (χ3n) is 3.54. The summed E-state index contributed by atoms with van der Waals surface area (Å²) >= 11 is 0. The van der Waals surface area contributed by atoms with Gasteiger partial charge in [-0.05, 0) is 37.8 Å². The Bertz CT molecular complexity index is 146. The molecule has 104 valence electrons. The summed E-state index contributed by atoms with van der Waals surface area (Å²) in [5.74, 6) is 1.71. The van der Waals surface area contributed by atoms with Gasteiger partial charge >= 0.3 is 0 Å². The predicted octanol–water partition coefficient (Wildman–Crippen LogP) is 3.69. The largest absolute Gasteiger partial charge is 0.330 e.